The fourth-order valence-corrected chi connectivity index (χ4v) is 5.68. The van der Waals surface area contributed by atoms with E-state index in [2.05, 4.69) is 26.9 Å². The van der Waals surface area contributed by atoms with Gasteiger partial charge in [0.2, 0.25) is 0 Å². The number of thiophene rings is 1. The summed E-state index contributed by atoms with van der Waals surface area (Å²) < 4.78 is 38.7. The Hall–Kier alpha value is -2.14. The van der Waals surface area contributed by atoms with Crippen molar-refractivity contribution in [3.63, 3.8) is 0 Å². The number of nitrogens with zero attached hydrogens (tertiary/aromatic N) is 2. The average molecular weight is 442 g/mol. The molecule has 1 aliphatic carbocycles. The van der Waals surface area contributed by atoms with Crippen molar-refractivity contribution in [3.8, 4) is 0 Å². The van der Waals surface area contributed by atoms with Crippen LogP contribution in [0.15, 0.2) is 20.8 Å². The number of thioether (sulfide) groups is 1. The van der Waals surface area contributed by atoms with Gasteiger partial charge in [0.1, 0.15) is 10.7 Å². The van der Waals surface area contributed by atoms with Gasteiger partial charge in [0.25, 0.3) is 11.1 Å². The van der Waals surface area contributed by atoms with Crippen molar-refractivity contribution in [2.24, 2.45) is 5.92 Å². The number of hydrogen-bond acceptors (Lipinski definition) is 6. The fraction of sp³-hybridized carbons (Fsp3) is 0.444. The van der Waals surface area contributed by atoms with E-state index in [0.717, 1.165) is 36.6 Å². The zero-order valence-electron chi connectivity index (χ0n) is 15.5. The lowest BCUT2D eigenvalue weighted by Crippen LogP contribution is -2.17. The molecule has 0 amide bonds. The van der Waals surface area contributed by atoms with Crippen LogP contribution in [0.2, 0.25) is 0 Å². The van der Waals surface area contributed by atoms with Crippen LogP contribution in [0, 0.1) is 5.92 Å². The minimum Gasteiger partial charge on any atom is -0.309 e. The zero-order valence-corrected chi connectivity index (χ0v) is 17.1. The highest BCUT2D eigenvalue weighted by molar-refractivity contribution is 7.99. The maximum absolute atomic E-state index is 12.9. The summed E-state index contributed by atoms with van der Waals surface area (Å²) in [6.07, 6.45) is -1.92. The number of hydrogen-bond donors (Lipinski definition) is 2. The van der Waals surface area contributed by atoms with Crippen LogP contribution in [0.4, 0.5) is 13.2 Å². The first-order valence-corrected chi connectivity index (χ1v) is 10.7. The molecule has 0 saturated heterocycles. The lowest BCUT2D eigenvalue weighted by molar-refractivity contribution is -0.141. The SMILES string of the molecule is CC1CCc2c(sc3nc(C(C)Sc4nc(C(F)(F)F)cc(=O)[nH]4)[nH]c(=O)c23)C1. The molecule has 0 fully saturated rings. The Morgan fingerprint density at radius 1 is 1.28 bits per heavy atom. The largest absolute Gasteiger partial charge is 0.433 e. The second-order valence-corrected chi connectivity index (χ2v) is 9.59. The lowest BCUT2D eigenvalue weighted by Gasteiger charge is -2.17. The number of alkyl halides is 3. The lowest BCUT2D eigenvalue weighted by atomic mass is 9.89. The second kappa shape index (κ2) is 7.28. The van der Waals surface area contributed by atoms with Crippen LogP contribution in [0.3, 0.4) is 0 Å². The molecule has 3 aromatic heterocycles. The van der Waals surface area contributed by atoms with E-state index in [1.165, 1.54) is 16.2 Å². The van der Waals surface area contributed by atoms with E-state index in [0.29, 0.717) is 28.0 Å². The predicted molar refractivity (Wildman–Crippen MR) is 106 cm³/mol. The maximum Gasteiger partial charge on any atom is 0.433 e. The van der Waals surface area contributed by atoms with Crippen LogP contribution in [-0.4, -0.2) is 19.9 Å². The molecule has 0 spiro atoms. The topological polar surface area (TPSA) is 91.5 Å². The van der Waals surface area contributed by atoms with Crippen molar-refractivity contribution < 1.29 is 13.2 Å². The van der Waals surface area contributed by atoms with E-state index in [4.69, 9.17) is 0 Å². The highest BCUT2D eigenvalue weighted by Gasteiger charge is 2.33. The molecule has 0 bridgehead atoms. The zero-order chi connectivity index (χ0) is 20.9. The van der Waals surface area contributed by atoms with Crippen LogP contribution < -0.4 is 11.1 Å². The molecule has 4 rings (SSSR count). The van der Waals surface area contributed by atoms with Gasteiger partial charge in [0, 0.05) is 10.9 Å². The summed E-state index contributed by atoms with van der Waals surface area (Å²) in [6.45, 7) is 3.86. The third-order valence-electron chi connectivity index (χ3n) is 4.87. The molecule has 6 nitrogen and oxygen atoms in total. The van der Waals surface area contributed by atoms with Gasteiger partial charge in [-0.05, 0) is 37.7 Å². The molecule has 154 valence electrons. The second-order valence-electron chi connectivity index (χ2n) is 7.18. The summed E-state index contributed by atoms with van der Waals surface area (Å²) in [5.41, 5.74) is -1.32. The first-order valence-electron chi connectivity index (χ1n) is 9.01. The molecule has 11 heteroatoms. The summed E-state index contributed by atoms with van der Waals surface area (Å²) in [5.74, 6) is 0.895. The predicted octanol–water partition coefficient (Wildman–Crippen LogP) is 4.06. The summed E-state index contributed by atoms with van der Waals surface area (Å²) in [4.78, 5) is 39.2. The summed E-state index contributed by atoms with van der Waals surface area (Å²) in [7, 11) is 0. The molecule has 2 N–H and O–H groups in total. The molecule has 2 unspecified atom stereocenters. The monoisotopic (exact) mass is 442 g/mol. The highest BCUT2D eigenvalue weighted by Crippen LogP contribution is 2.37. The van der Waals surface area contributed by atoms with Crippen molar-refractivity contribution in [3.05, 3.63) is 48.7 Å². The molecule has 3 aromatic rings. The summed E-state index contributed by atoms with van der Waals surface area (Å²) >= 11 is 2.40. The van der Waals surface area contributed by atoms with Crippen molar-refractivity contribution in [2.75, 3.05) is 0 Å². The minimum atomic E-state index is -4.72. The normalized spacial score (nSPS) is 18.0. The fourth-order valence-electron chi connectivity index (χ4n) is 3.42. The number of nitrogens with one attached hydrogen (secondary N) is 2. The van der Waals surface area contributed by atoms with Gasteiger partial charge in [-0.15, -0.1) is 11.3 Å². The molecule has 3 heterocycles. The van der Waals surface area contributed by atoms with Crippen LogP contribution in [0.5, 0.6) is 0 Å². The smallest absolute Gasteiger partial charge is 0.309 e. The number of H-pyrrole nitrogens is 2. The van der Waals surface area contributed by atoms with E-state index in [-0.39, 0.29) is 10.7 Å². The van der Waals surface area contributed by atoms with Crippen molar-refractivity contribution >= 4 is 33.3 Å². The van der Waals surface area contributed by atoms with Gasteiger partial charge in [-0.1, -0.05) is 18.7 Å². The Morgan fingerprint density at radius 3 is 2.76 bits per heavy atom. The van der Waals surface area contributed by atoms with Gasteiger partial charge >= 0.3 is 6.18 Å². The van der Waals surface area contributed by atoms with E-state index >= 15 is 0 Å². The number of halogens is 3. The molecule has 0 aliphatic heterocycles. The Balaban J connectivity index is 1.68. The molecule has 1 aliphatic rings. The van der Waals surface area contributed by atoms with E-state index in [9.17, 15) is 22.8 Å². The molecule has 0 aromatic carbocycles. The van der Waals surface area contributed by atoms with Gasteiger partial charge in [-0.25, -0.2) is 9.97 Å². The van der Waals surface area contributed by atoms with Crippen LogP contribution in [0.1, 0.15) is 47.5 Å². The quantitative estimate of drug-likeness (QED) is 0.471. The van der Waals surface area contributed by atoms with Crippen molar-refractivity contribution in [1.82, 2.24) is 19.9 Å². The van der Waals surface area contributed by atoms with E-state index in [1.54, 1.807) is 6.92 Å². The summed E-state index contributed by atoms with van der Waals surface area (Å²) in [5, 5.41) is -0.0837. The number of aromatic nitrogens is 4. The van der Waals surface area contributed by atoms with Crippen molar-refractivity contribution in [2.45, 2.75) is 49.7 Å². The van der Waals surface area contributed by atoms with Crippen LogP contribution in [0.25, 0.3) is 10.2 Å². The highest BCUT2D eigenvalue weighted by atomic mass is 32.2. The van der Waals surface area contributed by atoms with E-state index in [1.807, 2.05) is 0 Å². The molecule has 0 radical (unpaired) electrons. The van der Waals surface area contributed by atoms with Crippen LogP contribution in [-0.2, 0) is 19.0 Å². The van der Waals surface area contributed by atoms with Gasteiger partial charge in [-0.2, -0.15) is 13.2 Å². The Labute approximate surface area is 171 Å². The third-order valence-corrected chi connectivity index (χ3v) is 7.01. The molecular weight excluding hydrogens is 425 g/mol. The summed E-state index contributed by atoms with van der Waals surface area (Å²) in [6, 6.07) is 0.415. The molecule has 0 saturated carbocycles. The van der Waals surface area contributed by atoms with Gasteiger partial charge < -0.3 is 9.97 Å². The first-order chi connectivity index (χ1) is 13.6. The molecular formula is C18H17F3N4O2S2. The number of aromatic amines is 2. The third kappa shape index (κ3) is 3.97. The van der Waals surface area contributed by atoms with Gasteiger partial charge in [0.15, 0.2) is 10.9 Å². The minimum absolute atomic E-state index is 0.181. The van der Waals surface area contributed by atoms with Crippen LogP contribution >= 0.6 is 23.1 Å². The number of fused-ring (bicyclic) bond motifs is 3. The first kappa shape index (κ1) is 20.1. The molecule has 29 heavy (non-hydrogen) atoms. The standard InChI is InChI=1S/C18H17F3N4O2S2/c1-7-3-4-9-10(5-7)29-16-13(9)15(27)24-14(25-16)8(2)28-17-22-11(18(19,20)21)6-12(26)23-17/h6-8H,3-5H2,1-2H3,(H,22,23,26)(H,24,25,27). The maximum atomic E-state index is 12.9. The molecule has 2 atom stereocenters. The van der Waals surface area contributed by atoms with Gasteiger partial charge in [-0.3, -0.25) is 9.59 Å². The Bertz CT molecular complexity index is 1200. The number of rotatable bonds is 3. The Kier molecular flexibility index (Phi) is 5.06. The Morgan fingerprint density at radius 2 is 2.03 bits per heavy atom. The number of aryl methyl sites for hydroxylation is 1. The van der Waals surface area contributed by atoms with E-state index < -0.39 is 22.7 Å². The average Bonchev–Trinajstić information content (AvgIpc) is 2.98. The van der Waals surface area contributed by atoms with Crippen molar-refractivity contribution in [1.29, 1.82) is 0 Å². The van der Waals surface area contributed by atoms with Gasteiger partial charge in [0.05, 0.1) is 10.6 Å².